The van der Waals surface area contributed by atoms with Crippen molar-refractivity contribution in [1.82, 2.24) is 9.88 Å². The molecule has 0 bridgehead atoms. The van der Waals surface area contributed by atoms with Crippen molar-refractivity contribution in [2.75, 3.05) is 26.5 Å². The zero-order chi connectivity index (χ0) is 10.7. The minimum absolute atomic E-state index is 0.234. The van der Waals surface area contributed by atoms with Crippen LogP contribution < -0.4 is 5.32 Å². The van der Waals surface area contributed by atoms with Crippen LogP contribution in [0.3, 0.4) is 0 Å². The van der Waals surface area contributed by atoms with Crippen molar-refractivity contribution in [3.63, 3.8) is 0 Å². The van der Waals surface area contributed by atoms with Gasteiger partial charge in [-0.25, -0.2) is 9.37 Å². The molecule has 0 aliphatic heterocycles. The fourth-order valence-electron chi connectivity index (χ4n) is 1.04. The molecule has 1 aromatic rings. The second kappa shape index (κ2) is 4.04. The third-order valence-corrected chi connectivity index (χ3v) is 1.73. The van der Waals surface area contributed by atoms with E-state index in [9.17, 15) is 9.18 Å². The Morgan fingerprint density at radius 3 is 2.71 bits per heavy atom. The van der Waals surface area contributed by atoms with Gasteiger partial charge in [0.1, 0.15) is 11.6 Å². The van der Waals surface area contributed by atoms with E-state index in [1.165, 1.54) is 11.0 Å². The Labute approximate surface area is 81.7 Å². The van der Waals surface area contributed by atoms with Crippen molar-refractivity contribution in [1.29, 1.82) is 0 Å². The van der Waals surface area contributed by atoms with Gasteiger partial charge in [-0.1, -0.05) is 0 Å². The highest BCUT2D eigenvalue weighted by molar-refractivity contribution is 5.98. The van der Waals surface area contributed by atoms with E-state index in [4.69, 9.17) is 0 Å². The van der Waals surface area contributed by atoms with Gasteiger partial charge >= 0.3 is 0 Å². The van der Waals surface area contributed by atoms with Crippen LogP contribution in [0.15, 0.2) is 12.3 Å². The lowest BCUT2D eigenvalue weighted by Crippen LogP contribution is -2.23. The number of amides is 1. The molecular weight excluding hydrogens is 185 g/mol. The number of carbonyl (C=O) groups is 1. The van der Waals surface area contributed by atoms with Gasteiger partial charge < -0.3 is 10.2 Å². The zero-order valence-corrected chi connectivity index (χ0v) is 8.34. The minimum Gasteiger partial charge on any atom is -0.372 e. The van der Waals surface area contributed by atoms with Crippen LogP contribution in [-0.2, 0) is 0 Å². The quantitative estimate of drug-likeness (QED) is 0.768. The van der Waals surface area contributed by atoms with Gasteiger partial charge in [0.05, 0.1) is 11.8 Å². The van der Waals surface area contributed by atoms with E-state index < -0.39 is 5.82 Å². The molecule has 0 spiro atoms. The van der Waals surface area contributed by atoms with Crippen LogP contribution in [0.25, 0.3) is 0 Å². The first-order valence-corrected chi connectivity index (χ1v) is 4.11. The Balaban J connectivity index is 3.17. The number of halogens is 1. The predicted molar refractivity (Wildman–Crippen MR) is 51.8 cm³/mol. The molecule has 0 atom stereocenters. The number of carbonyl (C=O) groups excluding carboxylic acids is 1. The molecule has 1 rings (SSSR count). The lowest BCUT2D eigenvalue weighted by Gasteiger charge is -2.12. The lowest BCUT2D eigenvalue weighted by atomic mass is 10.2. The van der Waals surface area contributed by atoms with Crippen molar-refractivity contribution in [3.8, 4) is 0 Å². The summed E-state index contributed by atoms with van der Waals surface area (Å²) < 4.78 is 12.8. The lowest BCUT2D eigenvalue weighted by molar-refractivity contribution is 0.0827. The highest BCUT2D eigenvalue weighted by Gasteiger charge is 2.14. The van der Waals surface area contributed by atoms with Crippen LogP contribution in [0.1, 0.15) is 10.4 Å². The van der Waals surface area contributed by atoms with E-state index in [1.807, 2.05) is 0 Å². The van der Waals surface area contributed by atoms with Gasteiger partial charge in [0.15, 0.2) is 0 Å². The first-order chi connectivity index (χ1) is 6.56. The molecule has 0 aliphatic carbocycles. The third kappa shape index (κ3) is 1.99. The minimum atomic E-state index is -0.519. The summed E-state index contributed by atoms with van der Waals surface area (Å²) in [7, 11) is 4.84. The number of anilines is 1. The van der Waals surface area contributed by atoms with Gasteiger partial charge in [-0.15, -0.1) is 0 Å². The number of aromatic nitrogens is 1. The van der Waals surface area contributed by atoms with E-state index in [0.29, 0.717) is 5.82 Å². The second-order valence-electron chi connectivity index (χ2n) is 3.00. The van der Waals surface area contributed by atoms with Crippen molar-refractivity contribution in [2.24, 2.45) is 0 Å². The summed E-state index contributed by atoms with van der Waals surface area (Å²) in [4.78, 5) is 16.7. The van der Waals surface area contributed by atoms with Crippen molar-refractivity contribution >= 4 is 11.7 Å². The van der Waals surface area contributed by atoms with Gasteiger partial charge in [0.2, 0.25) is 0 Å². The van der Waals surface area contributed by atoms with Gasteiger partial charge in [0.25, 0.3) is 5.91 Å². The smallest absolute Gasteiger partial charge is 0.257 e. The average Bonchev–Trinajstić information content (AvgIpc) is 2.16. The molecule has 1 aromatic heterocycles. The highest BCUT2D eigenvalue weighted by Crippen LogP contribution is 2.14. The fourth-order valence-corrected chi connectivity index (χ4v) is 1.04. The van der Waals surface area contributed by atoms with E-state index in [2.05, 4.69) is 10.3 Å². The number of hydrogen-bond donors (Lipinski definition) is 1. The Hall–Kier alpha value is -1.65. The summed E-state index contributed by atoms with van der Waals surface area (Å²) in [5, 5.41) is 2.73. The van der Waals surface area contributed by atoms with E-state index in [-0.39, 0.29) is 11.5 Å². The van der Waals surface area contributed by atoms with Gasteiger partial charge in [-0.2, -0.15) is 0 Å². The third-order valence-electron chi connectivity index (χ3n) is 1.73. The molecule has 4 nitrogen and oxygen atoms in total. The summed E-state index contributed by atoms with van der Waals surface area (Å²) >= 11 is 0. The summed E-state index contributed by atoms with van der Waals surface area (Å²) in [6.07, 6.45) is 1.07. The van der Waals surface area contributed by atoms with Crippen molar-refractivity contribution in [3.05, 3.63) is 23.6 Å². The molecule has 76 valence electrons. The van der Waals surface area contributed by atoms with Crippen LogP contribution in [-0.4, -0.2) is 36.9 Å². The van der Waals surface area contributed by atoms with E-state index in [1.54, 1.807) is 21.1 Å². The fraction of sp³-hybridized carbons (Fsp3) is 0.333. The molecular formula is C9H12FN3O. The van der Waals surface area contributed by atoms with Crippen molar-refractivity contribution < 1.29 is 9.18 Å². The maximum Gasteiger partial charge on any atom is 0.257 e. The summed E-state index contributed by atoms with van der Waals surface area (Å²) in [6, 6.07) is 1.17. The molecule has 0 aliphatic rings. The predicted octanol–water partition coefficient (Wildman–Crippen LogP) is 0.964. The summed E-state index contributed by atoms with van der Waals surface area (Å²) in [5.41, 5.74) is 0.234. The molecule has 14 heavy (non-hydrogen) atoms. The molecule has 1 amide bonds. The van der Waals surface area contributed by atoms with E-state index >= 15 is 0 Å². The highest BCUT2D eigenvalue weighted by atomic mass is 19.1. The molecule has 1 N–H and O–H groups in total. The number of hydrogen-bond acceptors (Lipinski definition) is 3. The molecule has 0 unspecified atom stereocenters. The van der Waals surface area contributed by atoms with Crippen LogP contribution in [0.2, 0.25) is 0 Å². The Morgan fingerprint density at radius 1 is 1.57 bits per heavy atom. The standard InChI is InChI=1S/C9H12FN3O/c1-11-8-7(9(14)13(2)3)4-6(10)5-12-8/h4-5H,1-3H3,(H,11,12). The summed E-state index contributed by atoms with van der Waals surface area (Å²) in [5.74, 6) is -0.416. The normalized spacial score (nSPS) is 9.71. The first kappa shape index (κ1) is 10.4. The number of rotatable bonds is 2. The van der Waals surface area contributed by atoms with Crippen LogP contribution in [0.4, 0.5) is 10.2 Å². The van der Waals surface area contributed by atoms with Gasteiger partial charge in [-0.05, 0) is 6.07 Å². The average molecular weight is 197 g/mol. The molecule has 0 saturated carbocycles. The Kier molecular flexibility index (Phi) is 3.01. The Morgan fingerprint density at radius 2 is 2.21 bits per heavy atom. The number of nitrogens with zero attached hydrogens (tertiary/aromatic N) is 2. The number of pyridine rings is 1. The molecule has 0 saturated heterocycles. The second-order valence-corrected chi connectivity index (χ2v) is 3.00. The van der Waals surface area contributed by atoms with Gasteiger partial charge in [-0.3, -0.25) is 4.79 Å². The monoisotopic (exact) mass is 197 g/mol. The largest absolute Gasteiger partial charge is 0.372 e. The maximum atomic E-state index is 12.8. The van der Waals surface area contributed by atoms with Crippen LogP contribution in [0.5, 0.6) is 0 Å². The summed E-state index contributed by atoms with van der Waals surface area (Å²) in [6.45, 7) is 0. The number of nitrogens with one attached hydrogen (secondary N) is 1. The molecule has 0 radical (unpaired) electrons. The zero-order valence-electron chi connectivity index (χ0n) is 8.34. The SMILES string of the molecule is CNc1ncc(F)cc1C(=O)N(C)C. The first-order valence-electron chi connectivity index (χ1n) is 4.11. The van der Waals surface area contributed by atoms with Crippen LogP contribution >= 0.6 is 0 Å². The topological polar surface area (TPSA) is 45.2 Å². The molecule has 5 heteroatoms. The molecule has 0 aromatic carbocycles. The maximum absolute atomic E-state index is 12.8. The van der Waals surface area contributed by atoms with Gasteiger partial charge in [0, 0.05) is 21.1 Å². The van der Waals surface area contributed by atoms with E-state index in [0.717, 1.165) is 6.20 Å². The molecule has 1 heterocycles. The molecule has 0 fully saturated rings. The Bertz CT molecular complexity index is 352. The van der Waals surface area contributed by atoms with Crippen molar-refractivity contribution in [2.45, 2.75) is 0 Å². The van der Waals surface area contributed by atoms with Crippen LogP contribution in [0, 0.1) is 5.82 Å².